The summed E-state index contributed by atoms with van der Waals surface area (Å²) in [5.41, 5.74) is 3.33. The Morgan fingerprint density at radius 2 is 1.65 bits per heavy atom. The Hall–Kier alpha value is -2.29. The zero-order chi connectivity index (χ0) is 15.9. The maximum Gasteiger partial charge on any atom is 0.319 e. The monoisotopic (exact) mass is 308 g/mol. The van der Waals surface area contributed by atoms with Crippen LogP contribution in [-0.2, 0) is 6.42 Å². The Balaban J connectivity index is 1.57. The maximum absolute atomic E-state index is 12.1. The minimum atomic E-state index is -0.0891. The van der Waals surface area contributed by atoms with Crippen LogP contribution in [0.2, 0.25) is 0 Å². The molecule has 0 saturated heterocycles. The van der Waals surface area contributed by atoms with Crippen molar-refractivity contribution in [3.63, 3.8) is 0 Å². The van der Waals surface area contributed by atoms with E-state index in [0.29, 0.717) is 6.04 Å². The highest BCUT2D eigenvalue weighted by atomic mass is 16.2. The fraction of sp³-hybridized carbons (Fsp3) is 0.350. The third kappa shape index (κ3) is 4.85. The Labute approximate surface area is 138 Å². The van der Waals surface area contributed by atoms with Crippen molar-refractivity contribution in [2.45, 2.75) is 44.6 Å². The average molecular weight is 308 g/mol. The van der Waals surface area contributed by atoms with Gasteiger partial charge in [-0.05, 0) is 42.5 Å². The van der Waals surface area contributed by atoms with E-state index in [1.165, 1.54) is 30.4 Å². The van der Waals surface area contributed by atoms with Gasteiger partial charge in [-0.25, -0.2) is 4.79 Å². The minimum absolute atomic E-state index is 0.0891. The van der Waals surface area contributed by atoms with Crippen LogP contribution in [0.5, 0.6) is 0 Å². The first-order valence-corrected chi connectivity index (χ1v) is 8.50. The highest BCUT2D eigenvalue weighted by molar-refractivity contribution is 5.89. The quantitative estimate of drug-likeness (QED) is 0.842. The minimum Gasteiger partial charge on any atom is -0.335 e. The van der Waals surface area contributed by atoms with Gasteiger partial charge < -0.3 is 10.6 Å². The third-order valence-electron chi connectivity index (χ3n) is 4.38. The summed E-state index contributed by atoms with van der Waals surface area (Å²) in [5, 5.41) is 6.05. The second-order valence-electron chi connectivity index (χ2n) is 6.30. The average Bonchev–Trinajstić information content (AvgIpc) is 2.57. The molecule has 0 bridgehead atoms. The lowest BCUT2D eigenvalue weighted by atomic mass is 9.96. The molecule has 2 aromatic carbocycles. The van der Waals surface area contributed by atoms with Crippen LogP contribution in [0, 0.1) is 0 Å². The number of hydrogen-bond acceptors (Lipinski definition) is 1. The molecule has 23 heavy (non-hydrogen) atoms. The molecule has 0 spiro atoms. The molecular formula is C20H24N2O. The number of carbonyl (C=O) groups is 1. The molecule has 3 heteroatoms. The van der Waals surface area contributed by atoms with Crippen molar-refractivity contribution in [3.05, 3.63) is 65.7 Å². The van der Waals surface area contributed by atoms with Gasteiger partial charge in [0.1, 0.15) is 0 Å². The maximum atomic E-state index is 12.1. The van der Waals surface area contributed by atoms with Crippen LogP contribution in [0.1, 0.15) is 43.2 Å². The predicted octanol–water partition coefficient (Wildman–Crippen LogP) is 4.73. The van der Waals surface area contributed by atoms with Gasteiger partial charge in [-0.3, -0.25) is 0 Å². The zero-order valence-corrected chi connectivity index (χ0v) is 13.4. The number of urea groups is 1. The van der Waals surface area contributed by atoms with Crippen molar-refractivity contribution in [2.24, 2.45) is 0 Å². The van der Waals surface area contributed by atoms with Crippen molar-refractivity contribution in [1.29, 1.82) is 0 Å². The van der Waals surface area contributed by atoms with Crippen molar-refractivity contribution in [2.75, 3.05) is 5.32 Å². The molecule has 1 aliphatic carbocycles. The smallest absolute Gasteiger partial charge is 0.319 e. The van der Waals surface area contributed by atoms with Gasteiger partial charge in [-0.2, -0.15) is 0 Å². The van der Waals surface area contributed by atoms with Gasteiger partial charge >= 0.3 is 6.03 Å². The van der Waals surface area contributed by atoms with Crippen LogP contribution in [0.4, 0.5) is 10.5 Å². The molecule has 120 valence electrons. The fourth-order valence-corrected chi connectivity index (χ4v) is 3.19. The first-order chi connectivity index (χ1) is 11.3. The lowest BCUT2D eigenvalue weighted by Gasteiger charge is -2.22. The molecule has 1 saturated carbocycles. The van der Waals surface area contributed by atoms with Crippen LogP contribution >= 0.6 is 0 Å². The number of anilines is 1. The number of rotatable bonds is 4. The van der Waals surface area contributed by atoms with Gasteiger partial charge in [-0.1, -0.05) is 61.7 Å². The Morgan fingerprint density at radius 1 is 0.913 bits per heavy atom. The number of hydrogen-bond donors (Lipinski definition) is 2. The Morgan fingerprint density at radius 3 is 2.43 bits per heavy atom. The highest BCUT2D eigenvalue weighted by Gasteiger charge is 2.15. The van der Waals surface area contributed by atoms with E-state index in [1.807, 2.05) is 24.3 Å². The van der Waals surface area contributed by atoms with Crippen molar-refractivity contribution >= 4 is 11.7 Å². The standard InChI is InChI=1S/C20H24N2O/c23-20(21-18-11-5-2-6-12-18)22-19-13-7-10-17(15-19)14-16-8-3-1-4-9-16/h1,3-4,7-10,13,15,18H,2,5-6,11-12,14H2,(H2,21,22,23). The largest absolute Gasteiger partial charge is 0.335 e. The SMILES string of the molecule is O=C(Nc1cccc(Cc2ccccc2)c1)NC1CCCCC1. The van der Waals surface area contributed by atoms with Gasteiger partial charge in [0.25, 0.3) is 0 Å². The molecule has 0 heterocycles. The van der Waals surface area contributed by atoms with E-state index in [9.17, 15) is 4.79 Å². The number of benzene rings is 2. The van der Waals surface area contributed by atoms with E-state index < -0.39 is 0 Å². The van der Waals surface area contributed by atoms with Gasteiger partial charge in [0, 0.05) is 11.7 Å². The van der Waals surface area contributed by atoms with Gasteiger partial charge in [0.2, 0.25) is 0 Å². The van der Waals surface area contributed by atoms with Crippen LogP contribution in [0.3, 0.4) is 0 Å². The normalized spacial score (nSPS) is 15.1. The lowest BCUT2D eigenvalue weighted by Crippen LogP contribution is -2.39. The van der Waals surface area contributed by atoms with Crippen LogP contribution in [0.25, 0.3) is 0 Å². The number of carbonyl (C=O) groups excluding carboxylic acids is 1. The number of nitrogens with one attached hydrogen (secondary N) is 2. The molecular weight excluding hydrogens is 284 g/mol. The summed E-state index contributed by atoms with van der Waals surface area (Å²) in [6.45, 7) is 0. The van der Waals surface area contributed by atoms with Crippen molar-refractivity contribution in [1.82, 2.24) is 5.32 Å². The zero-order valence-electron chi connectivity index (χ0n) is 13.4. The highest BCUT2D eigenvalue weighted by Crippen LogP contribution is 2.18. The van der Waals surface area contributed by atoms with E-state index >= 15 is 0 Å². The van der Waals surface area contributed by atoms with Gasteiger partial charge in [-0.15, -0.1) is 0 Å². The molecule has 0 aliphatic heterocycles. The van der Waals surface area contributed by atoms with Crippen LogP contribution < -0.4 is 10.6 Å². The first kappa shape index (κ1) is 15.6. The molecule has 2 amide bonds. The number of amides is 2. The summed E-state index contributed by atoms with van der Waals surface area (Å²) >= 11 is 0. The molecule has 0 aromatic heterocycles. The van der Waals surface area contributed by atoms with Gasteiger partial charge in [0.05, 0.1) is 0 Å². The second kappa shape index (κ2) is 7.82. The summed E-state index contributed by atoms with van der Waals surface area (Å²) in [6, 6.07) is 18.7. The fourth-order valence-electron chi connectivity index (χ4n) is 3.19. The molecule has 1 aliphatic rings. The molecule has 2 aromatic rings. The van der Waals surface area contributed by atoms with Crippen molar-refractivity contribution in [3.8, 4) is 0 Å². The lowest BCUT2D eigenvalue weighted by molar-refractivity contribution is 0.244. The summed E-state index contributed by atoms with van der Waals surface area (Å²) in [7, 11) is 0. The molecule has 0 atom stereocenters. The molecule has 1 fully saturated rings. The third-order valence-corrected chi connectivity index (χ3v) is 4.38. The summed E-state index contributed by atoms with van der Waals surface area (Å²) in [5.74, 6) is 0. The predicted molar refractivity (Wildman–Crippen MR) is 94.7 cm³/mol. The van der Waals surface area contributed by atoms with E-state index in [4.69, 9.17) is 0 Å². The van der Waals surface area contributed by atoms with Crippen LogP contribution in [0.15, 0.2) is 54.6 Å². The van der Waals surface area contributed by atoms with E-state index in [-0.39, 0.29) is 6.03 Å². The van der Waals surface area contributed by atoms with Crippen LogP contribution in [-0.4, -0.2) is 12.1 Å². The molecule has 0 radical (unpaired) electrons. The Bertz CT molecular complexity index is 633. The van der Waals surface area contributed by atoms with E-state index in [2.05, 4.69) is 41.0 Å². The van der Waals surface area contributed by atoms with Gasteiger partial charge in [0.15, 0.2) is 0 Å². The second-order valence-corrected chi connectivity index (χ2v) is 6.30. The summed E-state index contributed by atoms with van der Waals surface area (Å²) in [4.78, 5) is 12.1. The molecule has 3 nitrogen and oxygen atoms in total. The van der Waals surface area contributed by atoms with E-state index in [0.717, 1.165) is 24.9 Å². The summed E-state index contributed by atoms with van der Waals surface area (Å²) < 4.78 is 0. The van der Waals surface area contributed by atoms with E-state index in [1.54, 1.807) is 0 Å². The topological polar surface area (TPSA) is 41.1 Å². The first-order valence-electron chi connectivity index (χ1n) is 8.50. The molecule has 0 unspecified atom stereocenters. The Kier molecular flexibility index (Phi) is 5.30. The molecule has 2 N–H and O–H groups in total. The molecule has 3 rings (SSSR count). The summed E-state index contributed by atoms with van der Waals surface area (Å²) in [6.07, 6.45) is 6.81. The van der Waals surface area contributed by atoms with Crippen molar-refractivity contribution < 1.29 is 4.79 Å².